The van der Waals surface area contributed by atoms with Crippen molar-refractivity contribution in [3.63, 3.8) is 0 Å². The van der Waals surface area contributed by atoms with Crippen LogP contribution in [-0.2, 0) is 11.3 Å². The summed E-state index contributed by atoms with van der Waals surface area (Å²) < 4.78 is 11.0. The molecule has 1 aliphatic carbocycles. The fraction of sp³-hybridized carbons (Fsp3) is 0.708. The monoisotopic (exact) mass is 417 g/mol. The molecule has 6 heteroatoms. The first-order valence-electron chi connectivity index (χ1n) is 12.0. The van der Waals surface area contributed by atoms with Crippen LogP contribution in [0, 0.1) is 5.92 Å². The quantitative estimate of drug-likeness (QED) is 0.636. The number of benzene rings is 1. The number of nitrogens with one attached hydrogen (secondary N) is 2. The maximum atomic E-state index is 13.5. The number of amides is 1. The molecular formula is C24H39N3O3+2. The number of rotatable bonds is 7. The topological polar surface area (TPSA) is 47.7 Å². The summed E-state index contributed by atoms with van der Waals surface area (Å²) in [4.78, 5) is 19.0. The third kappa shape index (κ3) is 5.67. The number of quaternary nitrogens is 2. The average molecular weight is 418 g/mol. The van der Waals surface area contributed by atoms with Gasteiger partial charge in [0.05, 0.1) is 13.6 Å². The highest BCUT2D eigenvalue weighted by Gasteiger charge is 2.27. The van der Waals surface area contributed by atoms with Crippen LogP contribution in [0.1, 0.15) is 50.5 Å². The largest absolute Gasteiger partial charge is 0.454 e. The lowest BCUT2D eigenvalue weighted by atomic mass is 9.98. The van der Waals surface area contributed by atoms with Crippen LogP contribution in [0.15, 0.2) is 18.2 Å². The van der Waals surface area contributed by atoms with Crippen molar-refractivity contribution in [2.45, 2.75) is 51.5 Å². The summed E-state index contributed by atoms with van der Waals surface area (Å²) in [7, 11) is 2.29. The molecular weight excluding hydrogens is 378 g/mol. The van der Waals surface area contributed by atoms with Crippen LogP contribution in [0.4, 0.5) is 0 Å². The molecule has 2 fully saturated rings. The van der Waals surface area contributed by atoms with Gasteiger partial charge in [0.25, 0.3) is 0 Å². The second kappa shape index (κ2) is 10.5. The van der Waals surface area contributed by atoms with Gasteiger partial charge in [0.2, 0.25) is 12.7 Å². The van der Waals surface area contributed by atoms with E-state index in [4.69, 9.17) is 9.47 Å². The molecule has 4 rings (SSSR count). The van der Waals surface area contributed by atoms with E-state index in [9.17, 15) is 4.79 Å². The Labute approximate surface area is 181 Å². The molecule has 2 aliphatic heterocycles. The van der Waals surface area contributed by atoms with Gasteiger partial charge in [-0.15, -0.1) is 0 Å². The Balaban J connectivity index is 1.38. The Kier molecular flexibility index (Phi) is 7.50. The molecule has 6 nitrogen and oxygen atoms in total. The number of ether oxygens (including phenoxy) is 2. The smallest absolute Gasteiger partial charge is 0.231 e. The molecule has 0 spiro atoms. The molecule has 2 N–H and O–H groups in total. The van der Waals surface area contributed by atoms with Gasteiger partial charge in [0.15, 0.2) is 11.5 Å². The van der Waals surface area contributed by atoms with E-state index in [1.807, 2.05) is 12.1 Å². The standard InChI is InChI=1S/C24H37N3O3/c1-25-13-15-26(16-14-25)11-6-12-27(24(28)21-7-4-2-3-5-8-21)18-20-9-10-22-23(17-20)30-19-29-22/h9-10,17,21H,2-8,11-16,18-19H2,1H3/p+2. The summed E-state index contributed by atoms with van der Waals surface area (Å²) >= 11 is 0. The summed E-state index contributed by atoms with van der Waals surface area (Å²) in [6.45, 7) is 8.02. The Morgan fingerprint density at radius 2 is 1.77 bits per heavy atom. The van der Waals surface area contributed by atoms with Gasteiger partial charge < -0.3 is 24.2 Å². The van der Waals surface area contributed by atoms with Crippen LogP contribution >= 0.6 is 0 Å². The first-order chi connectivity index (χ1) is 14.7. The first kappa shape index (κ1) is 21.4. The molecule has 0 aromatic heterocycles. The Morgan fingerprint density at radius 3 is 2.53 bits per heavy atom. The Hall–Kier alpha value is -1.79. The van der Waals surface area contributed by atoms with Gasteiger partial charge in [-0.3, -0.25) is 4.79 Å². The number of likely N-dealkylation sites (N-methyl/N-ethyl adjacent to an activating group) is 1. The minimum Gasteiger partial charge on any atom is -0.454 e. The molecule has 3 aliphatic rings. The number of hydrogen-bond donors (Lipinski definition) is 2. The molecule has 1 amide bonds. The lowest BCUT2D eigenvalue weighted by molar-refractivity contribution is -1.00. The third-order valence-electron chi connectivity index (χ3n) is 7.10. The van der Waals surface area contributed by atoms with E-state index in [0.29, 0.717) is 19.2 Å². The van der Waals surface area contributed by atoms with Crippen molar-refractivity contribution in [2.75, 3.05) is 53.1 Å². The predicted octanol–water partition coefficient (Wildman–Crippen LogP) is 0.518. The van der Waals surface area contributed by atoms with E-state index in [1.54, 1.807) is 9.80 Å². The normalized spacial score (nSPS) is 24.4. The van der Waals surface area contributed by atoms with Crippen LogP contribution in [0.25, 0.3) is 0 Å². The molecule has 0 unspecified atom stereocenters. The van der Waals surface area contributed by atoms with Crippen molar-refractivity contribution in [2.24, 2.45) is 5.92 Å². The summed E-state index contributed by atoms with van der Waals surface area (Å²) in [5, 5.41) is 0. The van der Waals surface area contributed by atoms with Crippen LogP contribution in [0.2, 0.25) is 0 Å². The molecule has 0 radical (unpaired) electrons. The Bertz CT molecular complexity index is 695. The highest BCUT2D eigenvalue weighted by atomic mass is 16.7. The average Bonchev–Trinajstić information content (AvgIpc) is 3.05. The van der Waals surface area contributed by atoms with Crippen molar-refractivity contribution >= 4 is 5.91 Å². The highest BCUT2D eigenvalue weighted by molar-refractivity contribution is 5.78. The predicted molar refractivity (Wildman–Crippen MR) is 116 cm³/mol. The zero-order chi connectivity index (χ0) is 20.8. The number of carbonyl (C=O) groups excluding carboxylic acids is 1. The maximum absolute atomic E-state index is 13.5. The number of nitrogens with zero attached hydrogens (tertiary/aromatic N) is 1. The van der Waals surface area contributed by atoms with E-state index in [0.717, 1.165) is 42.9 Å². The van der Waals surface area contributed by atoms with Crippen molar-refractivity contribution in [3.05, 3.63) is 23.8 Å². The molecule has 1 saturated carbocycles. The van der Waals surface area contributed by atoms with Crippen LogP contribution in [0.3, 0.4) is 0 Å². The SMILES string of the molecule is C[NH+]1CC[NH+](CCCN(Cc2ccc3c(c2)OCO3)C(=O)C2CCCCCC2)CC1. The molecule has 0 atom stereocenters. The second-order valence-corrected chi connectivity index (χ2v) is 9.45. The zero-order valence-electron chi connectivity index (χ0n) is 18.6. The fourth-order valence-electron chi connectivity index (χ4n) is 5.11. The minimum absolute atomic E-state index is 0.209. The summed E-state index contributed by atoms with van der Waals surface area (Å²) in [5.41, 5.74) is 1.14. The van der Waals surface area contributed by atoms with Gasteiger partial charge in [0.1, 0.15) is 26.2 Å². The van der Waals surface area contributed by atoms with Crippen molar-refractivity contribution < 1.29 is 24.1 Å². The van der Waals surface area contributed by atoms with Gasteiger partial charge in [-0.05, 0) is 30.5 Å². The summed E-state index contributed by atoms with van der Waals surface area (Å²) in [5.74, 6) is 2.19. The molecule has 1 aromatic rings. The van der Waals surface area contributed by atoms with E-state index in [-0.39, 0.29) is 5.92 Å². The molecule has 2 heterocycles. The van der Waals surface area contributed by atoms with Crippen LogP contribution in [0.5, 0.6) is 11.5 Å². The zero-order valence-corrected chi connectivity index (χ0v) is 18.6. The van der Waals surface area contributed by atoms with E-state index < -0.39 is 0 Å². The van der Waals surface area contributed by atoms with Crippen molar-refractivity contribution in [1.82, 2.24) is 4.90 Å². The van der Waals surface area contributed by atoms with Crippen molar-refractivity contribution in [3.8, 4) is 11.5 Å². The van der Waals surface area contributed by atoms with Gasteiger partial charge in [0, 0.05) is 25.4 Å². The highest BCUT2D eigenvalue weighted by Crippen LogP contribution is 2.33. The molecule has 1 saturated heterocycles. The van der Waals surface area contributed by atoms with Crippen molar-refractivity contribution in [1.29, 1.82) is 0 Å². The maximum Gasteiger partial charge on any atom is 0.231 e. The molecule has 0 bridgehead atoms. The lowest BCUT2D eigenvalue weighted by Gasteiger charge is -2.30. The van der Waals surface area contributed by atoms with Gasteiger partial charge in [-0.2, -0.15) is 0 Å². The van der Waals surface area contributed by atoms with E-state index in [2.05, 4.69) is 18.0 Å². The second-order valence-electron chi connectivity index (χ2n) is 9.45. The number of fused-ring (bicyclic) bond motifs is 1. The van der Waals surface area contributed by atoms with E-state index in [1.165, 1.54) is 58.4 Å². The van der Waals surface area contributed by atoms with Gasteiger partial charge in [-0.1, -0.05) is 31.7 Å². The van der Waals surface area contributed by atoms with Crippen LogP contribution < -0.4 is 19.3 Å². The van der Waals surface area contributed by atoms with Crippen LogP contribution in [-0.4, -0.2) is 63.9 Å². The van der Waals surface area contributed by atoms with Gasteiger partial charge in [-0.25, -0.2) is 0 Å². The molecule has 30 heavy (non-hydrogen) atoms. The number of carbonyl (C=O) groups is 1. The summed E-state index contributed by atoms with van der Waals surface area (Å²) in [6, 6.07) is 6.10. The minimum atomic E-state index is 0.209. The number of hydrogen-bond acceptors (Lipinski definition) is 3. The Morgan fingerprint density at radius 1 is 1.03 bits per heavy atom. The lowest BCUT2D eigenvalue weighted by Crippen LogP contribution is -3.27. The first-order valence-corrected chi connectivity index (χ1v) is 12.0. The third-order valence-corrected chi connectivity index (χ3v) is 7.10. The molecule has 166 valence electrons. The van der Waals surface area contributed by atoms with E-state index >= 15 is 0 Å². The summed E-state index contributed by atoms with van der Waals surface area (Å²) in [6.07, 6.45) is 8.15. The molecule has 1 aromatic carbocycles. The van der Waals surface area contributed by atoms with Gasteiger partial charge >= 0.3 is 0 Å². The fourth-order valence-corrected chi connectivity index (χ4v) is 5.11. The number of piperazine rings is 1.